The predicted octanol–water partition coefficient (Wildman–Crippen LogP) is 6.67. The van der Waals surface area contributed by atoms with E-state index in [1.807, 2.05) is 61.5 Å². The van der Waals surface area contributed by atoms with Gasteiger partial charge in [0.2, 0.25) is 0 Å². The zero-order valence-electron chi connectivity index (χ0n) is 19.7. The number of carbonyl (C=O) groups is 2. The van der Waals surface area contributed by atoms with Crippen LogP contribution in [0.5, 0.6) is 17.2 Å². The highest BCUT2D eigenvalue weighted by atomic mass is 17.1. The lowest BCUT2D eigenvalue weighted by atomic mass is 10.0. The van der Waals surface area contributed by atoms with E-state index < -0.39 is 11.9 Å². The fourth-order valence-corrected chi connectivity index (χ4v) is 3.72. The number of hydrogen-bond donors (Lipinski definition) is 2. The van der Waals surface area contributed by atoms with Crippen molar-refractivity contribution in [1.82, 2.24) is 0 Å². The third-order valence-electron chi connectivity index (χ3n) is 5.54. The minimum Gasteiger partial charge on any atom is -0.478 e. The van der Waals surface area contributed by atoms with Crippen molar-refractivity contribution < 1.29 is 34.3 Å². The van der Waals surface area contributed by atoms with E-state index in [1.165, 1.54) is 12.1 Å². The highest BCUT2D eigenvalue weighted by Gasteiger charge is 2.18. The number of benzene rings is 4. The van der Waals surface area contributed by atoms with Gasteiger partial charge in [-0.3, -0.25) is 5.26 Å². The molecule has 36 heavy (non-hydrogen) atoms. The molecule has 0 spiro atoms. The predicted molar refractivity (Wildman–Crippen MR) is 134 cm³/mol. The van der Waals surface area contributed by atoms with Crippen LogP contribution in [0.1, 0.15) is 37.4 Å². The number of ether oxygens (including phenoxy) is 2. The summed E-state index contributed by atoms with van der Waals surface area (Å²) >= 11 is 0. The molecule has 7 nitrogen and oxygen atoms in total. The van der Waals surface area contributed by atoms with E-state index >= 15 is 0 Å². The van der Waals surface area contributed by atoms with Crippen LogP contribution in [0.25, 0.3) is 11.1 Å². The van der Waals surface area contributed by atoms with Crippen molar-refractivity contribution in [2.24, 2.45) is 0 Å². The number of carboxylic acids is 1. The molecule has 4 rings (SSSR count). The third kappa shape index (κ3) is 5.78. The molecule has 0 heterocycles. The number of carboxylic acid groups (broad SMARTS) is 1. The molecule has 0 saturated heterocycles. The molecule has 0 aliphatic rings. The first-order chi connectivity index (χ1) is 17.3. The Balaban J connectivity index is 1.45. The van der Waals surface area contributed by atoms with Gasteiger partial charge in [0.15, 0.2) is 0 Å². The minimum atomic E-state index is -1.19. The van der Waals surface area contributed by atoms with Crippen molar-refractivity contribution in [1.29, 1.82) is 0 Å². The van der Waals surface area contributed by atoms with Crippen molar-refractivity contribution in [3.05, 3.63) is 113 Å². The van der Waals surface area contributed by atoms with Crippen LogP contribution < -0.4 is 9.47 Å². The van der Waals surface area contributed by atoms with Crippen molar-refractivity contribution in [3.8, 4) is 28.4 Å². The normalized spacial score (nSPS) is 10.6. The first kappa shape index (κ1) is 24.7. The molecule has 0 aromatic heterocycles. The molecule has 0 saturated carbocycles. The van der Waals surface area contributed by atoms with Gasteiger partial charge in [-0.2, -0.15) is 0 Å². The average molecular weight is 485 g/mol. The number of carbonyl (C=O) groups excluding carboxylic acids is 1. The molecular formula is C29H24O7. The van der Waals surface area contributed by atoms with Crippen LogP contribution in [0, 0.1) is 13.8 Å². The molecular weight excluding hydrogens is 460 g/mol. The molecule has 0 aliphatic carbocycles. The van der Waals surface area contributed by atoms with Crippen molar-refractivity contribution in [3.63, 3.8) is 0 Å². The summed E-state index contributed by atoms with van der Waals surface area (Å²) in [4.78, 5) is 28.3. The fourth-order valence-electron chi connectivity index (χ4n) is 3.72. The maximum atomic E-state index is 12.6. The number of hydrogen-bond acceptors (Lipinski definition) is 6. The summed E-state index contributed by atoms with van der Waals surface area (Å²) in [7, 11) is 0. The summed E-state index contributed by atoms with van der Waals surface area (Å²) in [6.07, 6.45) is 0. The summed E-state index contributed by atoms with van der Waals surface area (Å²) in [6, 6.07) is 24.6. The Bertz CT molecular complexity index is 1390. The van der Waals surface area contributed by atoms with Gasteiger partial charge in [0.1, 0.15) is 23.9 Å². The van der Waals surface area contributed by atoms with Crippen LogP contribution in [-0.2, 0) is 11.5 Å². The topological polar surface area (TPSA) is 102 Å². The average Bonchev–Trinajstić information content (AvgIpc) is 2.86. The van der Waals surface area contributed by atoms with Crippen LogP contribution in [0.15, 0.2) is 84.9 Å². The summed E-state index contributed by atoms with van der Waals surface area (Å²) < 4.78 is 11.4. The lowest BCUT2D eigenvalue weighted by Crippen LogP contribution is -2.14. The minimum absolute atomic E-state index is 0.00458. The van der Waals surface area contributed by atoms with Crippen molar-refractivity contribution in [2.45, 2.75) is 20.5 Å². The molecule has 0 aliphatic heterocycles. The van der Waals surface area contributed by atoms with Gasteiger partial charge in [0.25, 0.3) is 0 Å². The first-order valence-corrected chi connectivity index (χ1v) is 11.1. The molecule has 0 unspecified atom stereocenters. The Labute approximate surface area is 208 Å². The van der Waals surface area contributed by atoms with Gasteiger partial charge in [-0.1, -0.05) is 47.5 Å². The molecule has 4 aromatic carbocycles. The van der Waals surface area contributed by atoms with E-state index in [0.717, 1.165) is 27.8 Å². The zero-order valence-corrected chi connectivity index (χ0v) is 19.7. The van der Waals surface area contributed by atoms with E-state index in [0.29, 0.717) is 17.2 Å². The quantitative estimate of drug-likeness (QED) is 0.125. The number of rotatable bonds is 8. The Kier molecular flexibility index (Phi) is 7.44. The van der Waals surface area contributed by atoms with E-state index in [1.54, 1.807) is 25.1 Å². The number of aryl methyl sites for hydroxylation is 2. The van der Waals surface area contributed by atoms with E-state index in [2.05, 4.69) is 4.89 Å². The third-order valence-corrected chi connectivity index (χ3v) is 5.54. The van der Waals surface area contributed by atoms with E-state index in [9.17, 15) is 14.7 Å². The smallest absolute Gasteiger partial charge is 0.344 e. The summed E-state index contributed by atoms with van der Waals surface area (Å²) in [5.41, 5.74) is 4.22. The van der Waals surface area contributed by atoms with Crippen LogP contribution in [-0.4, -0.2) is 22.3 Å². The molecule has 182 valence electrons. The summed E-state index contributed by atoms with van der Waals surface area (Å²) in [5, 5.41) is 18.2. The maximum absolute atomic E-state index is 12.6. The Morgan fingerprint density at radius 1 is 0.722 bits per heavy atom. The van der Waals surface area contributed by atoms with Crippen LogP contribution >= 0.6 is 0 Å². The lowest BCUT2D eigenvalue weighted by Gasteiger charge is -2.12. The number of esters is 1. The van der Waals surface area contributed by atoms with Gasteiger partial charge >= 0.3 is 11.9 Å². The van der Waals surface area contributed by atoms with Gasteiger partial charge in [-0.05, 0) is 73.5 Å². The van der Waals surface area contributed by atoms with Crippen LogP contribution in [0.2, 0.25) is 0 Å². The van der Waals surface area contributed by atoms with E-state index in [4.69, 9.17) is 14.7 Å². The standard InChI is InChI=1S/C29H24O7/c1-18-4-14-27(22(15-18)17-34-33)35-23-9-5-20(6-10-23)21-7-11-24(12-8-21)36-29(32)25-13-3-19(2)16-26(25)28(30)31/h3-16,33H,17H2,1-2H3,(H,30,31). The Morgan fingerprint density at radius 3 is 1.92 bits per heavy atom. The SMILES string of the molecule is Cc1ccc(Oc2ccc(-c3ccc(OC(=O)c4ccc(C)cc4C(=O)O)cc3)cc2)c(COO)c1. The molecule has 0 fully saturated rings. The lowest BCUT2D eigenvalue weighted by molar-refractivity contribution is -0.253. The van der Waals surface area contributed by atoms with E-state index in [-0.39, 0.29) is 17.7 Å². The highest BCUT2D eigenvalue weighted by molar-refractivity contribution is 6.03. The summed E-state index contributed by atoms with van der Waals surface area (Å²) in [5.74, 6) is -0.399. The van der Waals surface area contributed by atoms with Gasteiger partial charge in [-0.15, -0.1) is 0 Å². The largest absolute Gasteiger partial charge is 0.478 e. The second-order valence-electron chi connectivity index (χ2n) is 8.28. The molecule has 0 radical (unpaired) electrons. The first-order valence-electron chi connectivity index (χ1n) is 11.1. The molecule has 0 atom stereocenters. The Morgan fingerprint density at radius 2 is 1.31 bits per heavy atom. The molecule has 2 N–H and O–H groups in total. The molecule has 4 aromatic rings. The molecule has 7 heteroatoms. The van der Waals surface area contributed by atoms with Gasteiger partial charge in [-0.25, -0.2) is 14.5 Å². The van der Waals surface area contributed by atoms with Crippen LogP contribution in [0.3, 0.4) is 0 Å². The van der Waals surface area contributed by atoms with Gasteiger partial charge in [0.05, 0.1) is 11.1 Å². The Hall–Kier alpha value is -4.46. The fraction of sp³-hybridized carbons (Fsp3) is 0.103. The van der Waals surface area contributed by atoms with Gasteiger partial charge in [0, 0.05) is 5.56 Å². The van der Waals surface area contributed by atoms with Crippen molar-refractivity contribution in [2.75, 3.05) is 0 Å². The summed E-state index contributed by atoms with van der Waals surface area (Å²) in [6.45, 7) is 3.72. The monoisotopic (exact) mass is 484 g/mol. The van der Waals surface area contributed by atoms with Gasteiger partial charge < -0.3 is 14.6 Å². The highest BCUT2D eigenvalue weighted by Crippen LogP contribution is 2.30. The molecule has 0 amide bonds. The van der Waals surface area contributed by atoms with Crippen LogP contribution in [0.4, 0.5) is 0 Å². The van der Waals surface area contributed by atoms with Crippen molar-refractivity contribution >= 4 is 11.9 Å². The second kappa shape index (κ2) is 10.9. The zero-order chi connectivity index (χ0) is 25.7. The second-order valence-corrected chi connectivity index (χ2v) is 8.28. The number of aromatic carboxylic acids is 1. The molecule has 0 bridgehead atoms. The maximum Gasteiger partial charge on any atom is 0.344 e.